The molecular formula is C15H16N6OS. The number of amides is 1. The van der Waals surface area contributed by atoms with Crippen molar-refractivity contribution in [1.82, 2.24) is 30.9 Å². The molecule has 0 aliphatic heterocycles. The summed E-state index contributed by atoms with van der Waals surface area (Å²) in [5.41, 5.74) is 2.55. The van der Waals surface area contributed by atoms with Crippen LogP contribution in [-0.4, -0.2) is 31.5 Å². The lowest BCUT2D eigenvalue weighted by atomic mass is 10.1. The van der Waals surface area contributed by atoms with E-state index in [1.54, 1.807) is 17.4 Å². The van der Waals surface area contributed by atoms with Crippen LogP contribution < -0.4 is 5.32 Å². The molecule has 0 unspecified atom stereocenters. The number of nitrogens with one attached hydrogen (secondary N) is 2. The molecule has 8 heteroatoms. The van der Waals surface area contributed by atoms with Crippen LogP contribution in [0.15, 0.2) is 24.3 Å². The molecule has 0 bridgehead atoms. The Bertz CT molecular complexity index is 811. The summed E-state index contributed by atoms with van der Waals surface area (Å²) in [6, 6.07) is 7.42. The zero-order valence-corrected chi connectivity index (χ0v) is 13.6. The largest absolute Gasteiger partial charge is 0.347 e. The number of nitrogens with zero attached hydrogens (tertiary/aromatic N) is 4. The normalized spacial score (nSPS) is 10.7. The number of rotatable bonds is 5. The summed E-state index contributed by atoms with van der Waals surface area (Å²) in [7, 11) is 0. The maximum atomic E-state index is 12.3. The monoisotopic (exact) mass is 328 g/mol. The van der Waals surface area contributed by atoms with E-state index in [1.165, 1.54) is 0 Å². The maximum Gasteiger partial charge on any atom is 0.251 e. The van der Waals surface area contributed by atoms with Crippen molar-refractivity contribution in [3.8, 4) is 0 Å². The molecule has 7 nitrogen and oxygen atoms in total. The Morgan fingerprint density at radius 3 is 2.91 bits per heavy atom. The number of hydrogen-bond donors (Lipinski definition) is 2. The molecule has 0 radical (unpaired) electrons. The fourth-order valence-corrected chi connectivity index (χ4v) is 3.14. The van der Waals surface area contributed by atoms with Gasteiger partial charge in [0.1, 0.15) is 0 Å². The number of benzene rings is 1. The molecule has 0 spiro atoms. The van der Waals surface area contributed by atoms with E-state index in [4.69, 9.17) is 0 Å². The number of aryl methyl sites for hydroxylation is 2. The van der Waals surface area contributed by atoms with E-state index in [0.717, 1.165) is 21.1 Å². The Kier molecular flexibility index (Phi) is 4.42. The van der Waals surface area contributed by atoms with Gasteiger partial charge in [-0.05, 0) is 31.5 Å². The number of aromatic nitrogens is 5. The van der Waals surface area contributed by atoms with Crippen molar-refractivity contribution < 1.29 is 4.79 Å². The number of thiazole rings is 1. The highest BCUT2D eigenvalue weighted by molar-refractivity contribution is 7.11. The van der Waals surface area contributed by atoms with E-state index in [1.807, 2.05) is 32.0 Å². The molecule has 118 valence electrons. The van der Waals surface area contributed by atoms with Crippen molar-refractivity contribution in [2.75, 3.05) is 0 Å². The number of carbonyl (C=O) groups is 1. The lowest BCUT2D eigenvalue weighted by Crippen LogP contribution is -2.22. The average Bonchev–Trinajstić information content (AvgIpc) is 3.14. The van der Waals surface area contributed by atoms with Crippen molar-refractivity contribution in [1.29, 1.82) is 0 Å². The maximum absolute atomic E-state index is 12.3. The van der Waals surface area contributed by atoms with Crippen molar-refractivity contribution in [3.63, 3.8) is 0 Å². The van der Waals surface area contributed by atoms with Gasteiger partial charge in [-0.2, -0.15) is 5.21 Å². The van der Waals surface area contributed by atoms with Gasteiger partial charge in [0.25, 0.3) is 5.91 Å². The van der Waals surface area contributed by atoms with Crippen LogP contribution in [-0.2, 0) is 13.0 Å². The van der Waals surface area contributed by atoms with Crippen molar-refractivity contribution in [2.45, 2.75) is 26.8 Å². The third-order valence-corrected chi connectivity index (χ3v) is 4.42. The van der Waals surface area contributed by atoms with Crippen molar-refractivity contribution in [3.05, 3.63) is 56.8 Å². The average molecular weight is 328 g/mol. The van der Waals surface area contributed by atoms with E-state index in [-0.39, 0.29) is 5.91 Å². The molecule has 0 aliphatic rings. The van der Waals surface area contributed by atoms with Gasteiger partial charge in [-0.3, -0.25) is 4.79 Å². The van der Waals surface area contributed by atoms with E-state index in [0.29, 0.717) is 24.4 Å². The van der Waals surface area contributed by atoms with E-state index in [2.05, 4.69) is 30.9 Å². The zero-order chi connectivity index (χ0) is 16.2. The van der Waals surface area contributed by atoms with Crippen LogP contribution in [0.5, 0.6) is 0 Å². The lowest BCUT2D eigenvalue weighted by Gasteiger charge is -2.06. The molecule has 0 saturated carbocycles. The fourth-order valence-electron chi connectivity index (χ4n) is 2.26. The summed E-state index contributed by atoms with van der Waals surface area (Å²) >= 11 is 1.60. The van der Waals surface area contributed by atoms with E-state index in [9.17, 15) is 4.79 Å². The van der Waals surface area contributed by atoms with Gasteiger partial charge in [0.15, 0.2) is 5.82 Å². The van der Waals surface area contributed by atoms with E-state index < -0.39 is 0 Å². The predicted molar refractivity (Wildman–Crippen MR) is 86.2 cm³/mol. The van der Waals surface area contributed by atoms with Gasteiger partial charge in [0.2, 0.25) is 0 Å². The first-order valence-corrected chi connectivity index (χ1v) is 7.96. The molecule has 1 aromatic carbocycles. The summed E-state index contributed by atoms with van der Waals surface area (Å²) in [6.45, 7) is 4.41. The van der Waals surface area contributed by atoms with Crippen LogP contribution in [0.4, 0.5) is 0 Å². The highest BCUT2D eigenvalue weighted by Crippen LogP contribution is 2.17. The first-order valence-electron chi connectivity index (χ1n) is 7.14. The van der Waals surface area contributed by atoms with Crippen LogP contribution in [0.2, 0.25) is 0 Å². The third-order valence-electron chi connectivity index (χ3n) is 3.35. The number of tetrazole rings is 1. The number of H-pyrrole nitrogens is 1. The zero-order valence-electron chi connectivity index (χ0n) is 12.8. The fraction of sp³-hybridized carbons (Fsp3) is 0.267. The summed E-state index contributed by atoms with van der Waals surface area (Å²) < 4.78 is 0. The number of aromatic amines is 1. The van der Waals surface area contributed by atoms with Gasteiger partial charge in [-0.15, -0.1) is 21.5 Å². The minimum atomic E-state index is -0.106. The summed E-state index contributed by atoms with van der Waals surface area (Å²) in [4.78, 5) is 17.8. The van der Waals surface area contributed by atoms with Crippen LogP contribution in [0.1, 0.15) is 37.3 Å². The smallest absolute Gasteiger partial charge is 0.251 e. The molecule has 0 fully saturated rings. The molecule has 1 amide bonds. The van der Waals surface area contributed by atoms with Crippen molar-refractivity contribution in [2.24, 2.45) is 0 Å². The minimum Gasteiger partial charge on any atom is -0.347 e. The van der Waals surface area contributed by atoms with E-state index >= 15 is 0 Å². The summed E-state index contributed by atoms with van der Waals surface area (Å²) in [5, 5.41) is 17.7. The lowest BCUT2D eigenvalue weighted by molar-refractivity contribution is 0.0951. The SMILES string of the molecule is Cc1nc(C)c(CNC(=O)c2cccc(Cc3nn[nH]n3)c2)s1. The van der Waals surface area contributed by atoms with Crippen LogP contribution >= 0.6 is 11.3 Å². The Morgan fingerprint density at radius 2 is 2.22 bits per heavy atom. The van der Waals surface area contributed by atoms with Gasteiger partial charge in [0, 0.05) is 16.9 Å². The Balaban J connectivity index is 1.66. The van der Waals surface area contributed by atoms with Crippen LogP contribution in [0, 0.1) is 13.8 Å². The van der Waals surface area contributed by atoms with Gasteiger partial charge in [-0.25, -0.2) is 4.98 Å². The molecular weight excluding hydrogens is 312 g/mol. The number of carbonyl (C=O) groups excluding carboxylic acids is 1. The molecule has 0 atom stereocenters. The molecule has 2 heterocycles. The van der Waals surface area contributed by atoms with Crippen LogP contribution in [0.3, 0.4) is 0 Å². The second-order valence-electron chi connectivity index (χ2n) is 5.13. The van der Waals surface area contributed by atoms with Gasteiger partial charge >= 0.3 is 0 Å². The van der Waals surface area contributed by atoms with Gasteiger partial charge in [-0.1, -0.05) is 17.3 Å². The first-order chi connectivity index (χ1) is 11.1. The topological polar surface area (TPSA) is 96.5 Å². The van der Waals surface area contributed by atoms with Crippen molar-refractivity contribution >= 4 is 17.2 Å². The molecule has 2 aromatic heterocycles. The molecule has 3 rings (SSSR count). The number of hydrogen-bond acceptors (Lipinski definition) is 6. The van der Waals surface area contributed by atoms with Crippen LogP contribution in [0.25, 0.3) is 0 Å². The third kappa shape index (κ3) is 3.78. The quantitative estimate of drug-likeness (QED) is 0.744. The molecule has 23 heavy (non-hydrogen) atoms. The molecule has 2 N–H and O–H groups in total. The summed E-state index contributed by atoms with van der Waals surface area (Å²) in [5.74, 6) is 0.490. The molecule has 0 aliphatic carbocycles. The summed E-state index contributed by atoms with van der Waals surface area (Å²) in [6.07, 6.45) is 0.533. The second-order valence-corrected chi connectivity index (χ2v) is 6.42. The highest BCUT2D eigenvalue weighted by Gasteiger charge is 2.10. The molecule has 0 saturated heterocycles. The Labute approximate surface area is 137 Å². The Hall–Kier alpha value is -2.61. The predicted octanol–water partition coefficient (Wildman–Crippen LogP) is 1.79. The molecule has 3 aromatic rings. The van der Waals surface area contributed by atoms with Gasteiger partial charge < -0.3 is 5.32 Å². The second kappa shape index (κ2) is 6.66. The highest BCUT2D eigenvalue weighted by atomic mass is 32.1. The Morgan fingerprint density at radius 1 is 1.35 bits per heavy atom. The van der Waals surface area contributed by atoms with Gasteiger partial charge in [0.05, 0.1) is 17.2 Å². The first kappa shape index (κ1) is 15.3. The standard InChI is InChI=1S/C15H16N6OS/c1-9-13(23-10(2)17-9)8-16-15(22)12-5-3-4-11(6-12)7-14-18-20-21-19-14/h3-6H,7-8H2,1-2H3,(H,16,22)(H,18,19,20,21). The minimum absolute atomic E-state index is 0.106.